The molecule has 0 bridgehead atoms. The molecule has 6 nitrogen and oxygen atoms in total. The molecule has 3 aliphatic carbocycles. The molecule has 5 atom stereocenters. The number of rotatable bonds is 5. The van der Waals surface area contributed by atoms with Crippen molar-refractivity contribution in [2.24, 2.45) is 29.6 Å². The van der Waals surface area contributed by atoms with Crippen LogP contribution in [0.25, 0.3) is 0 Å². The zero-order valence-electron chi connectivity index (χ0n) is 18.2. The Bertz CT molecular complexity index is 990. The largest absolute Gasteiger partial charge is 0.493 e. The molecule has 4 rings (SSSR count). The van der Waals surface area contributed by atoms with E-state index in [2.05, 4.69) is 6.92 Å². The lowest BCUT2D eigenvalue weighted by Gasteiger charge is -2.44. The maximum absolute atomic E-state index is 13.6. The maximum Gasteiger partial charge on any atom is 0.177 e. The number of unbranched alkanes of at least 4 members (excludes halogenated alkanes) is 1. The van der Waals surface area contributed by atoms with Crippen molar-refractivity contribution in [2.75, 3.05) is 6.61 Å². The molecule has 1 aromatic carbocycles. The Hall–Kier alpha value is -2.63. The Balaban J connectivity index is 1.71. The highest BCUT2D eigenvalue weighted by Gasteiger charge is 2.57. The quantitative estimate of drug-likeness (QED) is 0.533. The molecule has 1 aromatic rings. The fourth-order valence-corrected chi connectivity index (χ4v) is 5.71. The molecule has 0 aliphatic heterocycles. The van der Waals surface area contributed by atoms with Crippen LogP contribution in [0.5, 0.6) is 5.75 Å². The van der Waals surface area contributed by atoms with Crippen LogP contribution in [0.1, 0.15) is 61.0 Å². The number of aryl methyl sites for hydroxylation is 1. The van der Waals surface area contributed by atoms with Gasteiger partial charge < -0.3 is 4.74 Å². The van der Waals surface area contributed by atoms with Crippen molar-refractivity contribution in [3.63, 3.8) is 0 Å². The number of Topliss-reactive ketones (excluding diaryl/α,β-unsaturated/α-hetero) is 5. The average molecular weight is 424 g/mol. The second-order valence-corrected chi connectivity index (χ2v) is 9.23. The van der Waals surface area contributed by atoms with Gasteiger partial charge in [-0.1, -0.05) is 19.4 Å². The first-order chi connectivity index (χ1) is 14.8. The summed E-state index contributed by atoms with van der Waals surface area (Å²) in [7, 11) is 0. The number of benzene rings is 1. The highest BCUT2D eigenvalue weighted by atomic mass is 16.5. The fourth-order valence-electron chi connectivity index (χ4n) is 5.71. The number of fused-ring (bicyclic) bond motifs is 3. The second kappa shape index (κ2) is 8.13. The number of hydrogen-bond donors (Lipinski definition) is 0. The van der Waals surface area contributed by atoms with Crippen molar-refractivity contribution in [1.29, 1.82) is 0 Å². The Morgan fingerprint density at radius 3 is 2.42 bits per heavy atom. The fraction of sp³-hybridized carbons (Fsp3) is 0.560. The van der Waals surface area contributed by atoms with Crippen LogP contribution < -0.4 is 4.74 Å². The summed E-state index contributed by atoms with van der Waals surface area (Å²) in [6, 6.07) is 3.72. The molecule has 2 saturated carbocycles. The molecule has 6 heteroatoms. The molecule has 0 saturated heterocycles. The van der Waals surface area contributed by atoms with Gasteiger partial charge in [0.25, 0.3) is 0 Å². The third-order valence-corrected chi connectivity index (χ3v) is 7.20. The zero-order chi connectivity index (χ0) is 22.4. The molecule has 31 heavy (non-hydrogen) atoms. The predicted octanol–water partition coefficient (Wildman–Crippen LogP) is 3.10. The molecular formula is C25H28O6. The molecule has 0 radical (unpaired) electrons. The van der Waals surface area contributed by atoms with Gasteiger partial charge in [0.2, 0.25) is 0 Å². The maximum atomic E-state index is 13.6. The summed E-state index contributed by atoms with van der Waals surface area (Å²) in [5.41, 5.74) is 2.35. The topological polar surface area (TPSA) is 94.6 Å². The van der Waals surface area contributed by atoms with E-state index in [1.807, 2.05) is 13.0 Å². The first kappa shape index (κ1) is 21.6. The highest BCUT2D eigenvalue weighted by molar-refractivity contribution is 6.27. The summed E-state index contributed by atoms with van der Waals surface area (Å²) >= 11 is 0. The second-order valence-electron chi connectivity index (χ2n) is 9.23. The van der Waals surface area contributed by atoms with E-state index in [0.717, 1.165) is 24.0 Å². The van der Waals surface area contributed by atoms with E-state index in [1.165, 1.54) is 6.92 Å². The third-order valence-electron chi connectivity index (χ3n) is 7.20. The Kier molecular flexibility index (Phi) is 5.67. The number of carbonyl (C=O) groups is 5. The van der Waals surface area contributed by atoms with Crippen molar-refractivity contribution in [3.05, 3.63) is 28.8 Å². The van der Waals surface area contributed by atoms with Crippen LogP contribution in [-0.2, 0) is 25.6 Å². The highest BCUT2D eigenvalue weighted by Crippen LogP contribution is 2.48. The van der Waals surface area contributed by atoms with E-state index in [0.29, 0.717) is 30.8 Å². The lowest BCUT2D eigenvalue weighted by molar-refractivity contribution is -0.152. The van der Waals surface area contributed by atoms with Gasteiger partial charge >= 0.3 is 0 Å². The molecular weight excluding hydrogens is 396 g/mol. The van der Waals surface area contributed by atoms with Gasteiger partial charge in [-0.05, 0) is 62.1 Å². The van der Waals surface area contributed by atoms with E-state index < -0.39 is 46.8 Å². The standard InChI is InChI=1S/C25H28O6/c1-4-5-8-31-18-7-6-12(2)16-10-14-9-15-11-17(27)19(13(3)26)23(28)21(15)24(29)20(14)25(30)22(16)18/h6-7,14-15,19-21H,4-5,8-11H2,1-3H3. The van der Waals surface area contributed by atoms with Gasteiger partial charge in [0.1, 0.15) is 17.5 Å². The number of ketones is 5. The smallest absolute Gasteiger partial charge is 0.177 e. The predicted molar refractivity (Wildman–Crippen MR) is 112 cm³/mol. The molecule has 0 heterocycles. The van der Waals surface area contributed by atoms with Gasteiger partial charge in [-0.3, -0.25) is 24.0 Å². The van der Waals surface area contributed by atoms with Gasteiger partial charge in [-0.25, -0.2) is 0 Å². The van der Waals surface area contributed by atoms with Crippen LogP contribution >= 0.6 is 0 Å². The van der Waals surface area contributed by atoms with Crippen LogP contribution in [0.2, 0.25) is 0 Å². The summed E-state index contributed by atoms with van der Waals surface area (Å²) in [5, 5.41) is 0. The molecule has 0 spiro atoms. The van der Waals surface area contributed by atoms with Gasteiger partial charge in [0, 0.05) is 6.42 Å². The third kappa shape index (κ3) is 3.46. The Morgan fingerprint density at radius 2 is 1.74 bits per heavy atom. The summed E-state index contributed by atoms with van der Waals surface area (Å²) < 4.78 is 5.89. The normalized spacial score (nSPS) is 29.8. The van der Waals surface area contributed by atoms with Crippen LogP contribution in [0.15, 0.2) is 12.1 Å². The number of ether oxygens (including phenoxy) is 1. The number of carbonyl (C=O) groups excluding carboxylic acids is 5. The minimum Gasteiger partial charge on any atom is -0.493 e. The molecule has 0 amide bonds. The molecule has 5 unspecified atom stereocenters. The van der Waals surface area contributed by atoms with Crippen molar-refractivity contribution in [2.45, 2.75) is 52.9 Å². The minimum absolute atomic E-state index is 0.0514. The van der Waals surface area contributed by atoms with Gasteiger partial charge in [-0.15, -0.1) is 0 Å². The van der Waals surface area contributed by atoms with Crippen LogP contribution in [0.4, 0.5) is 0 Å². The zero-order valence-corrected chi connectivity index (χ0v) is 18.2. The first-order valence-electron chi connectivity index (χ1n) is 11.2. The molecule has 164 valence electrons. The van der Waals surface area contributed by atoms with Crippen LogP contribution in [-0.4, -0.2) is 35.5 Å². The lowest BCUT2D eigenvalue weighted by Crippen LogP contribution is -2.55. The van der Waals surface area contributed by atoms with Crippen molar-refractivity contribution >= 4 is 28.9 Å². The average Bonchev–Trinajstić information content (AvgIpc) is 2.69. The van der Waals surface area contributed by atoms with Crippen LogP contribution in [0.3, 0.4) is 0 Å². The van der Waals surface area contributed by atoms with Gasteiger partial charge in [0.05, 0.1) is 24.0 Å². The summed E-state index contributed by atoms with van der Waals surface area (Å²) in [5.74, 6) is -5.67. The molecule has 0 aromatic heterocycles. The monoisotopic (exact) mass is 424 g/mol. The molecule has 3 aliphatic rings. The van der Waals surface area contributed by atoms with Gasteiger partial charge in [0.15, 0.2) is 23.1 Å². The molecule has 2 fully saturated rings. The van der Waals surface area contributed by atoms with Crippen LogP contribution in [0, 0.1) is 36.5 Å². The summed E-state index contributed by atoms with van der Waals surface area (Å²) in [6.07, 6.45) is 2.90. The van der Waals surface area contributed by atoms with E-state index in [4.69, 9.17) is 4.74 Å². The summed E-state index contributed by atoms with van der Waals surface area (Å²) in [4.78, 5) is 64.3. The van der Waals surface area contributed by atoms with Crippen molar-refractivity contribution < 1.29 is 28.7 Å². The van der Waals surface area contributed by atoms with E-state index in [9.17, 15) is 24.0 Å². The lowest BCUT2D eigenvalue weighted by atomic mass is 9.55. The minimum atomic E-state index is -1.36. The van der Waals surface area contributed by atoms with E-state index >= 15 is 0 Å². The first-order valence-corrected chi connectivity index (χ1v) is 11.2. The van der Waals surface area contributed by atoms with E-state index in [-0.39, 0.29) is 18.1 Å². The SMILES string of the molecule is CCCCOc1ccc(C)c2c1C(=O)C1C(=O)C3C(=O)C(C(C)=O)C(=O)CC3CC1C2. The van der Waals surface area contributed by atoms with Gasteiger partial charge in [-0.2, -0.15) is 0 Å². The van der Waals surface area contributed by atoms with Crippen molar-refractivity contribution in [3.8, 4) is 5.75 Å². The Labute approximate surface area is 181 Å². The Morgan fingerprint density at radius 1 is 1.03 bits per heavy atom. The summed E-state index contributed by atoms with van der Waals surface area (Å²) in [6.45, 7) is 5.70. The van der Waals surface area contributed by atoms with E-state index in [1.54, 1.807) is 6.07 Å². The number of hydrogen-bond acceptors (Lipinski definition) is 6. The van der Waals surface area contributed by atoms with Crippen molar-refractivity contribution in [1.82, 2.24) is 0 Å². The molecule has 0 N–H and O–H groups in total.